The van der Waals surface area contributed by atoms with Gasteiger partial charge in [-0.2, -0.15) is 0 Å². The molecule has 0 radical (unpaired) electrons. The molecule has 2 N–H and O–H groups in total. The fourth-order valence-electron chi connectivity index (χ4n) is 3.94. The molecule has 0 saturated carbocycles. The molecule has 0 aromatic rings. The molecule has 0 bridgehead atoms. The van der Waals surface area contributed by atoms with E-state index in [0.29, 0.717) is 0 Å². The highest BCUT2D eigenvalue weighted by Crippen LogP contribution is 2.30. The van der Waals surface area contributed by atoms with E-state index in [1.807, 2.05) is 0 Å². The van der Waals surface area contributed by atoms with Crippen molar-refractivity contribution in [2.75, 3.05) is 39.3 Å². The molecule has 3 heteroatoms. The number of likely N-dealkylation sites (tertiary alicyclic amines) is 1. The summed E-state index contributed by atoms with van der Waals surface area (Å²) < 4.78 is 0. The van der Waals surface area contributed by atoms with E-state index in [-0.39, 0.29) is 5.54 Å². The second-order valence-electron chi connectivity index (χ2n) is 6.84. The highest BCUT2D eigenvalue weighted by atomic mass is 15.2. The topological polar surface area (TPSA) is 32.5 Å². The minimum atomic E-state index is 0.250. The monoisotopic (exact) mass is 297 g/mol. The molecule has 1 unspecified atom stereocenters. The van der Waals surface area contributed by atoms with Crippen LogP contribution in [0, 0.1) is 5.92 Å². The van der Waals surface area contributed by atoms with Crippen molar-refractivity contribution in [3.8, 4) is 0 Å². The van der Waals surface area contributed by atoms with Crippen molar-refractivity contribution < 1.29 is 0 Å². The van der Waals surface area contributed by atoms with Gasteiger partial charge in [0.05, 0.1) is 0 Å². The molecular formula is C18H39N3. The lowest BCUT2D eigenvalue weighted by molar-refractivity contribution is 0.0648. The number of hydrogen-bond donors (Lipinski definition) is 1. The quantitative estimate of drug-likeness (QED) is 0.708. The first-order valence-electron chi connectivity index (χ1n) is 9.33. The molecule has 1 rings (SSSR count). The summed E-state index contributed by atoms with van der Waals surface area (Å²) >= 11 is 0. The lowest BCUT2D eigenvalue weighted by Gasteiger charge is -2.44. The van der Waals surface area contributed by atoms with Gasteiger partial charge in [-0.05, 0) is 57.8 Å². The van der Waals surface area contributed by atoms with Gasteiger partial charge < -0.3 is 10.6 Å². The number of likely N-dealkylation sites (N-methyl/N-ethyl adjacent to an activating group) is 1. The van der Waals surface area contributed by atoms with Gasteiger partial charge in [0.25, 0.3) is 0 Å². The van der Waals surface area contributed by atoms with Gasteiger partial charge in [-0.3, -0.25) is 4.90 Å². The van der Waals surface area contributed by atoms with Crippen molar-refractivity contribution >= 4 is 0 Å². The van der Waals surface area contributed by atoms with Gasteiger partial charge in [-0.25, -0.2) is 0 Å². The zero-order valence-corrected chi connectivity index (χ0v) is 15.0. The van der Waals surface area contributed by atoms with Crippen LogP contribution in [0.25, 0.3) is 0 Å². The van der Waals surface area contributed by atoms with Crippen molar-refractivity contribution in [1.82, 2.24) is 9.80 Å². The van der Waals surface area contributed by atoms with Crippen LogP contribution in [0.3, 0.4) is 0 Å². The van der Waals surface area contributed by atoms with Gasteiger partial charge in [0.1, 0.15) is 0 Å². The predicted octanol–water partition coefficient (Wildman–Crippen LogP) is 3.34. The third kappa shape index (κ3) is 5.22. The molecule has 21 heavy (non-hydrogen) atoms. The third-order valence-electron chi connectivity index (χ3n) is 5.62. The average Bonchev–Trinajstić information content (AvgIpc) is 2.72. The Kier molecular flexibility index (Phi) is 8.84. The van der Waals surface area contributed by atoms with Crippen LogP contribution < -0.4 is 5.73 Å². The first-order valence-corrected chi connectivity index (χ1v) is 9.33. The Bertz CT molecular complexity index is 265. The fourth-order valence-corrected chi connectivity index (χ4v) is 3.94. The van der Waals surface area contributed by atoms with E-state index in [4.69, 9.17) is 5.73 Å². The zero-order chi connectivity index (χ0) is 15.7. The summed E-state index contributed by atoms with van der Waals surface area (Å²) in [6.07, 6.45) is 7.66. The van der Waals surface area contributed by atoms with Gasteiger partial charge in [-0.1, -0.05) is 40.5 Å². The van der Waals surface area contributed by atoms with Crippen molar-refractivity contribution in [3.63, 3.8) is 0 Å². The van der Waals surface area contributed by atoms with Gasteiger partial charge >= 0.3 is 0 Å². The molecule has 0 spiro atoms. The van der Waals surface area contributed by atoms with Gasteiger partial charge in [-0.15, -0.1) is 0 Å². The maximum absolute atomic E-state index is 6.30. The Morgan fingerprint density at radius 3 is 2.33 bits per heavy atom. The van der Waals surface area contributed by atoms with E-state index in [1.54, 1.807) is 0 Å². The van der Waals surface area contributed by atoms with E-state index in [2.05, 4.69) is 37.5 Å². The van der Waals surface area contributed by atoms with Crippen LogP contribution in [0.4, 0.5) is 0 Å². The first kappa shape index (κ1) is 18.9. The molecule has 0 amide bonds. The molecule has 0 aromatic heterocycles. The molecular weight excluding hydrogens is 258 g/mol. The Hall–Kier alpha value is -0.120. The molecule has 0 aromatic carbocycles. The molecule has 1 aliphatic rings. The second kappa shape index (κ2) is 9.81. The van der Waals surface area contributed by atoms with Gasteiger partial charge in [0, 0.05) is 18.6 Å². The van der Waals surface area contributed by atoms with Crippen molar-refractivity contribution in [2.45, 2.75) is 71.8 Å². The summed E-state index contributed by atoms with van der Waals surface area (Å²) in [6, 6.07) is 0. The van der Waals surface area contributed by atoms with Crippen LogP contribution in [0.2, 0.25) is 0 Å². The van der Waals surface area contributed by atoms with Gasteiger partial charge in [0.2, 0.25) is 0 Å². The Labute approximate surface area is 133 Å². The SMILES string of the molecule is CCCN1CCCC(CN)(N(CC)CC(CC)CC)CC1. The van der Waals surface area contributed by atoms with Crippen LogP contribution in [-0.4, -0.2) is 54.6 Å². The summed E-state index contributed by atoms with van der Waals surface area (Å²) in [7, 11) is 0. The minimum absolute atomic E-state index is 0.250. The molecule has 1 atom stereocenters. The highest BCUT2D eigenvalue weighted by molar-refractivity contribution is 4.95. The van der Waals surface area contributed by atoms with Crippen molar-refractivity contribution in [1.29, 1.82) is 0 Å². The van der Waals surface area contributed by atoms with Crippen LogP contribution in [-0.2, 0) is 0 Å². The number of nitrogens with zero attached hydrogens (tertiary/aromatic N) is 2. The summed E-state index contributed by atoms with van der Waals surface area (Å²) in [5.74, 6) is 0.823. The van der Waals surface area contributed by atoms with Crippen molar-refractivity contribution in [2.24, 2.45) is 11.7 Å². The predicted molar refractivity (Wildman–Crippen MR) is 93.7 cm³/mol. The van der Waals surface area contributed by atoms with Crippen LogP contribution >= 0.6 is 0 Å². The summed E-state index contributed by atoms with van der Waals surface area (Å²) in [6.45, 7) is 16.2. The van der Waals surface area contributed by atoms with E-state index in [9.17, 15) is 0 Å². The average molecular weight is 298 g/mol. The zero-order valence-electron chi connectivity index (χ0n) is 15.0. The summed E-state index contributed by atoms with van der Waals surface area (Å²) in [5, 5.41) is 0. The van der Waals surface area contributed by atoms with E-state index in [0.717, 1.165) is 19.0 Å². The summed E-state index contributed by atoms with van der Waals surface area (Å²) in [5.41, 5.74) is 6.55. The molecule has 1 fully saturated rings. The maximum Gasteiger partial charge on any atom is 0.0344 e. The highest BCUT2D eigenvalue weighted by Gasteiger charge is 2.36. The molecule has 1 saturated heterocycles. The van der Waals surface area contributed by atoms with Crippen LogP contribution in [0.15, 0.2) is 0 Å². The number of rotatable bonds is 9. The Morgan fingerprint density at radius 2 is 1.81 bits per heavy atom. The Morgan fingerprint density at radius 1 is 1.10 bits per heavy atom. The van der Waals surface area contributed by atoms with Crippen molar-refractivity contribution in [3.05, 3.63) is 0 Å². The molecule has 1 aliphatic heterocycles. The lowest BCUT2D eigenvalue weighted by Crippen LogP contribution is -2.55. The largest absolute Gasteiger partial charge is 0.329 e. The lowest BCUT2D eigenvalue weighted by atomic mass is 9.87. The van der Waals surface area contributed by atoms with Crippen LogP contribution in [0.1, 0.15) is 66.2 Å². The molecule has 0 aliphatic carbocycles. The fraction of sp³-hybridized carbons (Fsp3) is 1.00. The van der Waals surface area contributed by atoms with E-state index >= 15 is 0 Å². The second-order valence-corrected chi connectivity index (χ2v) is 6.84. The first-order chi connectivity index (χ1) is 10.2. The van der Waals surface area contributed by atoms with E-state index in [1.165, 1.54) is 64.7 Å². The smallest absolute Gasteiger partial charge is 0.0344 e. The number of hydrogen-bond acceptors (Lipinski definition) is 3. The minimum Gasteiger partial charge on any atom is -0.329 e. The Balaban J connectivity index is 2.75. The van der Waals surface area contributed by atoms with E-state index < -0.39 is 0 Å². The normalized spacial score (nSPS) is 24.7. The molecule has 126 valence electrons. The molecule has 3 nitrogen and oxygen atoms in total. The standard InChI is InChI=1S/C18H39N3/c1-5-12-20-13-9-10-18(16-19,11-14-20)21(8-4)15-17(6-2)7-3/h17H,5-16,19H2,1-4H3. The summed E-state index contributed by atoms with van der Waals surface area (Å²) in [4.78, 5) is 5.36. The maximum atomic E-state index is 6.30. The van der Waals surface area contributed by atoms with Gasteiger partial charge in [0.15, 0.2) is 0 Å². The third-order valence-corrected chi connectivity index (χ3v) is 5.62. The number of nitrogens with two attached hydrogens (primary N) is 1. The van der Waals surface area contributed by atoms with Crippen LogP contribution in [0.5, 0.6) is 0 Å². The molecule has 1 heterocycles.